The molecular weight excluding hydrogens is 377 g/mol. The van der Waals surface area contributed by atoms with Gasteiger partial charge in [0.2, 0.25) is 0 Å². The number of carbonyl (C=O) groups is 1. The Morgan fingerprint density at radius 1 is 1.33 bits per heavy atom. The topological polar surface area (TPSA) is 114 Å². The maximum absolute atomic E-state index is 12.9. The van der Waals surface area contributed by atoms with Crippen LogP contribution >= 0.6 is 11.8 Å². The predicted octanol–water partition coefficient (Wildman–Crippen LogP) is 3.34. The minimum absolute atomic E-state index is 0.0572. The molecule has 0 atom stereocenters. The van der Waals surface area contributed by atoms with E-state index in [4.69, 9.17) is 4.74 Å². The molecule has 1 saturated heterocycles. The zero-order valence-corrected chi connectivity index (χ0v) is 14.6. The van der Waals surface area contributed by atoms with Gasteiger partial charge in [-0.2, -0.15) is 0 Å². The maximum Gasteiger partial charge on any atom is 0.274 e. The van der Waals surface area contributed by atoms with Crippen LogP contribution in [0.4, 0.5) is 15.8 Å². The van der Waals surface area contributed by atoms with E-state index in [-0.39, 0.29) is 32.8 Å². The molecule has 1 fully saturated rings. The van der Waals surface area contributed by atoms with E-state index in [1.165, 1.54) is 37.5 Å². The second kappa shape index (κ2) is 7.46. The zero-order valence-electron chi connectivity index (χ0n) is 13.8. The molecule has 0 aromatic heterocycles. The Labute approximate surface area is 156 Å². The summed E-state index contributed by atoms with van der Waals surface area (Å²) < 4.78 is 17.9. The molecule has 8 nitrogen and oxygen atoms in total. The number of ether oxygens (including phenoxy) is 1. The average molecular weight is 389 g/mol. The number of carbonyl (C=O) groups excluding carboxylic acids is 1. The molecule has 1 aliphatic rings. The van der Waals surface area contributed by atoms with Crippen molar-refractivity contribution in [2.24, 2.45) is 4.99 Å². The lowest BCUT2D eigenvalue weighted by Crippen LogP contribution is -2.19. The van der Waals surface area contributed by atoms with Crippen molar-refractivity contribution in [1.29, 1.82) is 0 Å². The van der Waals surface area contributed by atoms with Crippen LogP contribution in [0.1, 0.15) is 5.56 Å². The van der Waals surface area contributed by atoms with Crippen LogP contribution in [0.25, 0.3) is 6.08 Å². The largest absolute Gasteiger partial charge is 0.504 e. The Morgan fingerprint density at radius 2 is 2.04 bits per heavy atom. The summed E-state index contributed by atoms with van der Waals surface area (Å²) in [6.45, 7) is 0. The van der Waals surface area contributed by atoms with Gasteiger partial charge in [-0.05, 0) is 42.1 Å². The van der Waals surface area contributed by atoms with Gasteiger partial charge in [-0.3, -0.25) is 14.9 Å². The molecule has 1 aliphatic heterocycles. The van der Waals surface area contributed by atoms with Crippen LogP contribution < -0.4 is 10.1 Å². The van der Waals surface area contributed by atoms with Crippen LogP contribution in [0.15, 0.2) is 46.3 Å². The van der Waals surface area contributed by atoms with E-state index in [9.17, 15) is 24.4 Å². The number of nitro groups is 1. The molecule has 0 bridgehead atoms. The first-order chi connectivity index (χ1) is 12.9. The highest BCUT2D eigenvalue weighted by atomic mass is 32.2. The third kappa shape index (κ3) is 4.06. The number of hydrogen-bond acceptors (Lipinski definition) is 7. The number of thioether (sulfide) groups is 1. The van der Waals surface area contributed by atoms with E-state index in [2.05, 4.69) is 10.3 Å². The molecule has 3 rings (SSSR count). The number of nitrogens with zero attached hydrogens (tertiary/aromatic N) is 2. The number of phenolic OH excluding ortho intramolecular Hbond substituents is 1. The fourth-order valence-corrected chi connectivity index (χ4v) is 3.07. The summed E-state index contributed by atoms with van der Waals surface area (Å²) in [5.74, 6) is -1.30. The summed E-state index contributed by atoms with van der Waals surface area (Å²) in [6, 6.07) is 7.60. The fraction of sp³-hybridized carbons (Fsp3) is 0.0588. The number of rotatable bonds is 4. The Bertz CT molecular complexity index is 989. The smallest absolute Gasteiger partial charge is 0.274 e. The van der Waals surface area contributed by atoms with Crippen LogP contribution in [0.5, 0.6) is 11.5 Å². The van der Waals surface area contributed by atoms with Gasteiger partial charge < -0.3 is 15.2 Å². The molecule has 2 aromatic rings. The number of phenols is 1. The number of halogens is 1. The second-order valence-corrected chi connectivity index (χ2v) is 6.33. The minimum Gasteiger partial charge on any atom is -0.504 e. The van der Waals surface area contributed by atoms with Crippen LogP contribution in [-0.4, -0.2) is 28.2 Å². The standard InChI is InChI=1S/C17H12FN3O5S/c1-26-13-8-12(21(24)25)6-9(15(13)22)7-14-16(23)20-17(27-14)19-11-4-2-10(18)3-5-11/h2-8,22H,1H3,(H,19,20,23). The number of nitrogens with one attached hydrogen (secondary N) is 1. The van der Waals surface area contributed by atoms with Crippen LogP contribution in [0.3, 0.4) is 0 Å². The van der Waals surface area contributed by atoms with E-state index >= 15 is 0 Å². The van der Waals surface area contributed by atoms with Crippen molar-refractivity contribution in [2.45, 2.75) is 0 Å². The summed E-state index contributed by atoms with van der Waals surface area (Å²) in [4.78, 5) is 26.9. The number of aliphatic imine (C=N–C) groups is 1. The molecule has 138 valence electrons. The van der Waals surface area contributed by atoms with Crippen molar-refractivity contribution in [3.05, 3.63) is 62.8 Å². The van der Waals surface area contributed by atoms with Gasteiger partial charge >= 0.3 is 0 Å². The summed E-state index contributed by atoms with van der Waals surface area (Å²) in [7, 11) is 1.26. The molecule has 1 heterocycles. The summed E-state index contributed by atoms with van der Waals surface area (Å²) in [5.41, 5.74) is 0.210. The van der Waals surface area contributed by atoms with E-state index in [1.54, 1.807) is 0 Å². The number of nitro benzene ring substituents is 1. The number of amidine groups is 1. The van der Waals surface area contributed by atoms with E-state index in [1.807, 2.05) is 0 Å². The van der Waals surface area contributed by atoms with Crippen molar-refractivity contribution in [3.63, 3.8) is 0 Å². The molecule has 0 saturated carbocycles. The van der Waals surface area contributed by atoms with E-state index in [0.717, 1.165) is 23.9 Å². The van der Waals surface area contributed by atoms with Crippen molar-refractivity contribution in [1.82, 2.24) is 5.32 Å². The predicted molar refractivity (Wildman–Crippen MR) is 98.5 cm³/mol. The third-order valence-electron chi connectivity index (χ3n) is 3.51. The van der Waals surface area contributed by atoms with Gasteiger partial charge in [0.25, 0.3) is 11.6 Å². The number of amides is 1. The summed E-state index contributed by atoms with van der Waals surface area (Å²) in [5, 5.41) is 24.0. The Hall–Kier alpha value is -3.40. The van der Waals surface area contributed by atoms with Gasteiger partial charge in [-0.25, -0.2) is 9.38 Å². The lowest BCUT2D eigenvalue weighted by molar-refractivity contribution is -0.385. The monoisotopic (exact) mass is 389 g/mol. The highest BCUT2D eigenvalue weighted by Crippen LogP contribution is 2.37. The molecule has 0 spiro atoms. The van der Waals surface area contributed by atoms with Crippen molar-refractivity contribution >= 4 is 40.3 Å². The molecule has 2 aromatic carbocycles. The molecule has 10 heteroatoms. The van der Waals surface area contributed by atoms with Crippen LogP contribution in [-0.2, 0) is 4.79 Å². The summed E-state index contributed by atoms with van der Waals surface area (Å²) in [6.07, 6.45) is 1.30. The van der Waals surface area contributed by atoms with Crippen molar-refractivity contribution < 1.29 is 24.0 Å². The molecule has 0 unspecified atom stereocenters. The molecule has 2 N–H and O–H groups in total. The average Bonchev–Trinajstić information content (AvgIpc) is 2.97. The quantitative estimate of drug-likeness (QED) is 0.471. The van der Waals surface area contributed by atoms with E-state index < -0.39 is 16.6 Å². The van der Waals surface area contributed by atoms with Gasteiger partial charge in [0.1, 0.15) is 5.82 Å². The number of hydrogen-bond donors (Lipinski definition) is 2. The van der Waals surface area contributed by atoms with Gasteiger partial charge in [-0.1, -0.05) is 0 Å². The fourth-order valence-electron chi connectivity index (χ4n) is 2.24. The van der Waals surface area contributed by atoms with Crippen molar-refractivity contribution in [3.8, 4) is 11.5 Å². The normalized spacial score (nSPS) is 16.6. The summed E-state index contributed by atoms with van der Waals surface area (Å²) >= 11 is 0.984. The van der Waals surface area contributed by atoms with Gasteiger partial charge in [0.15, 0.2) is 16.7 Å². The first kappa shape index (κ1) is 18.4. The highest BCUT2D eigenvalue weighted by Gasteiger charge is 2.25. The van der Waals surface area contributed by atoms with Gasteiger partial charge in [0, 0.05) is 11.6 Å². The Kier molecular flexibility index (Phi) is 5.08. The van der Waals surface area contributed by atoms with Crippen LogP contribution in [0.2, 0.25) is 0 Å². The first-order valence-corrected chi connectivity index (χ1v) is 8.29. The maximum atomic E-state index is 12.9. The lowest BCUT2D eigenvalue weighted by atomic mass is 10.1. The first-order valence-electron chi connectivity index (χ1n) is 7.48. The molecule has 0 aliphatic carbocycles. The lowest BCUT2D eigenvalue weighted by Gasteiger charge is -2.06. The number of methoxy groups -OCH3 is 1. The molecule has 0 radical (unpaired) electrons. The zero-order chi connectivity index (χ0) is 19.6. The number of non-ortho nitro benzene ring substituents is 1. The van der Waals surface area contributed by atoms with E-state index in [0.29, 0.717) is 5.69 Å². The van der Waals surface area contributed by atoms with Crippen LogP contribution in [0, 0.1) is 15.9 Å². The van der Waals surface area contributed by atoms with Gasteiger partial charge in [-0.15, -0.1) is 0 Å². The number of benzene rings is 2. The minimum atomic E-state index is -0.632. The molecule has 27 heavy (non-hydrogen) atoms. The molecule has 1 amide bonds. The van der Waals surface area contributed by atoms with Crippen molar-refractivity contribution in [2.75, 3.05) is 7.11 Å². The van der Waals surface area contributed by atoms with Gasteiger partial charge in [0.05, 0.1) is 28.7 Å². The second-order valence-electron chi connectivity index (χ2n) is 5.30. The number of aromatic hydroxyl groups is 1. The third-order valence-corrected chi connectivity index (χ3v) is 4.42. The highest BCUT2D eigenvalue weighted by molar-refractivity contribution is 8.18. The Balaban J connectivity index is 1.94. The molecular formula is C17H12FN3O5S. The Morgan fingerprint density at radius 3 is 2.67 bits per heavy atom. The SMILES string of the molecule is COc1cc([N+](=O)[O-])cc(C=C2SC(=Nc3ccc(F)cc3)NC2=O)c1O.